The fourth-order valence-corrected chi connectivity index (χ4v) is 6.67. The Hall–Kier alpha value is -3.76. The molecule has 38 heavy (non-hydrogen) atoms. The van der Waals surface area contributed by atoms with Gasteiger partial charge in [0.15, 0.2) is 17.6 Å². The number of anilines is 1. The number of fused-ring (bicyclic) bond motifs is 2. The minimum absolute atomic E-state index is 0.0532. The van der Waals surface area contributed by atoms with Crippen LogP contribution in [0.15, 0.2) is 72.8 Å². The zero-order valence-electron chi connectivity index (χ0n) is 20.9. The third-order valence-electron chi connectivity index (χ3n) is 7.07. The Kier molecular flexibility index (Phi) is 6.59. The molecule has 1 fully saturated rings. The summed E-state index contributed by atoms with van der Waals surface area (Å²) in [5.41, 5.74) is 2.28. The Labute approximate surface area is 222 Å². The van der Waals surface area contributed by atoms with E-state index in [2.05, 4.69) is 4.90 Å². The highest BCUT2D eigenvalue weighted by Gasteiger charge is 2.39. The monoisotopic (exact) mass is 535 g/mol. The largest absolute Gasteiger partial charge is 0.476 e. The van der Waals surface area contributed by atoms with E-state index in [1.54, 1.807) is 41.3 Å². The molecule has 3 aliphatic rings. The summed E-state index contributed by atoms with van der Waals surface area (Å²) in [5.74, 6) is 1.58. The third kappa shape index (κ3) is 5.01. The van der Waals surface area contributed by atoms with Crippen LogP contribution >= 0.6 is 0 Å². The summed E-state index contributed by atoms with van der Waals surface area (Å²) in [5, 5.41) is 0. The Balaban J connectivity index is 1.12. The standard InChI is InChI=1S/C28H29N3O6S/c32-28(30-14-12-29(13-15-30)17-22-10-11-25-26(16-22)36-20-35-25)27-18-31(23-8-4-5-9-24(23)37-27)38(33,34)19-21-6-2-1-3-7-21/h1-11,16,27H,12-15,17-20H2/t27-/m0/s1. The first-order valence-corrected chi connectivity index (χ1v) is 14.3. The van der Waals surface area contributed by atoms with Crippen LogP contribution in [-0.2, 0) is 27.1 Å². The van der Waals surface area contributed by atoms with Crippen molar-refractivity contribution < 1.29 is 27.4 Å². The average molecular weight is 536 g/mol. The van der Waals surface area contributed by atoms with E-state index in [-0.39, 0.29) is 25.0 Å². The molecule has 0 aliphatic carbocycles. The molecule has 0 spiro atoms. The second kappa shape index (κ2) is 10.2. The van der Waals surface area contributed by atoms with E-state index in [0.29, 0.717) is 43.2 Å². The fourth-order valence-electron chi connectivity index (χ4n) is 5.08. The van der Waals surface area contributed by atoms with Crippen molar-refractivity contribution in [3.05, 3.63) is 83.9 Å². The molecule has 0 saturated carbocycles. The SMILES string of the molecule is O=C([C@@H]1CN(S(=O)(=O)Cc2ccccc2)c2ccccc2O1)N1CCN(Cc2ccc3c(c2)OCO3)CC1. The summed E-state index contributed by atoms with van der Waals surface area (Å²) in [6.45, 7) is 3.44. The predicted octanol–water partition coefficient (Wildman–Crippen LogP) is 2.86. The molecule has 3 aromatic carbocycles. The van der Waals surface area contributed by atoms with Crippen molar-refractivity contribution >= 4 is 21.6 Å². The van der Waals surface area contributed by atoms with Crippen LogP contribution in [0.3, 0.4) is 0 Å². The molecule has 198 valence electrons. The third-order valence-corrected chi connectivity index (χ3v) is 8.78. The predicted molar refractivity (Wildman–Crippen MR) is 142 cm³/mol. The van der Waals surface area contributed by atoms with E-state index < -0.39 is 16.1 Å². The van der Waals surface area contributed by atoms with Gasteiger partial charge in [-0.1, -0.05) is 48.5 Å². The smallest absolute Gasteiger partial charge is 0.265 e. The topological polar surface area (TPSA) is 88.6 Å². The van der Waals surface area contributed by atoms with Gasteiger partial charge in [-0.2, -0.15) is 0 Å². The fraction of sp³-hybridized carbons (Fsp3) is 0.321. The lowest BCUT2D eigenvalue weighted by molar-refractivity contribution is -0.140. The molecule has 3 heterocycles. The van der Waals surface area contributed by atoms with Gasteiger partial charge in [-0.25, -0.2) is 8.42 Å². The molecular weight excluding hydrogens is 506 g/mol. The number of nitrogens with zero attached hydrogens (tertiary/aromatic N) is 3. The number of rotatable bonds is 6. The summed E-state index contributed by atoms with van der Waals surface area (Å²) in [7, 11) is -3.74. The number of amides is 1. The molecule has 10 heteroatoms. The van der Waals surface area contributed by atoms with Crippen LogP contribution in [0.2, 0.25) is 0 Å². The van der Waals surface area contributed by atoms with Crippen LogP contribution in [-0.4, -0.2) is 69.7 Å². The maximum Gasteiger partial charge on any atom is 0.265 e. The molecule has 0 radical (unpaired) electrons. The molecule has 1 atom stereocenters. The molecule has 0 bridgehead atoms. The normalized spacial score (nSPS) is 19.1. The molecule has 1 amide bonds. The van der Waals surface area contributed by atoms with Gasteiger partial charge < -0.3 is 19.1 Å². The van der Waals surface area contributed by atoms with E-state index in [0.717, 1.165) is 23.6 Å². The number of piperazine rings is 1. The van der Waals surface area contributed by atoms with E-state index in [1.165, 1.54) is 4.31 Å². The Morgan fingerprint density at radius 2 is 1.55 bits per heavy atom. The molecule has 3 aliphatic heterocycles. The summed E-state index contributed by atoms with van der Waals surface area (Å²) in [6.07, 6.45) is -0.907. The lowest BCUT2D eigenvalue weighted by Gasteiger charge is -2.39. The molecule has 3 aromatic rings. The number of benzene rings is 3. The number of sulfonamides is 1. The van der Waals surface area contributed by atoms with Gasteiger partial charge in [-0.15, -0.1) is 0 Å². The first-order valence-electron chi connectivity index (χ1n) is 12.7. The molecule has 9 nitrogen and oxygen atoms in total. The van der Waals surface area contributed by atoms with Crippen LogP contribution in [0.5, 0.6) is 17.2 Å². The van der Waals surface area contributed by atoms with E-state index in [9.17, 15) is 13.2 Å². The first kappa shape index (κ1) is 24.6. The number of carbonyl (C=O) groups is 1. The maximum atomic E-state index is 13.5. The zero-order chi connectivity index (χ0) is 26.1. The number of hydrogen-bond acceptors (Lipinski definition) is 7. The van der Waals surface area contributed by atoms with Crippen molar-refractivity contribution in [1.82, 2.24) is 9.80 Å². The van der Waals surface area contributed by atoms with Crippen molar-refractivity contribution in [2.24, 2.45) is 0 Å². The Morgan fingerprint density at radius 3 is 2.37 bits per heavy atom. The molecule has 0 aromatic heterocycles. The van der Waals surface area contributed by atoms with Crippen molar-refractivity contribution in [2.45, 2.75) is 18.4 Å². The van der Waals surface area contributed by atoms with Crippen molar-refractivity contribution in [3.63, 3.8) is 0 Å². The van der Waals surface area contributed by atoms with Gasteiger partial charge in [-0.05, 0) is 35.4 Å². The van der Waals surface area contributed by atoms with E-state index >= 15 is 0 Å². The van der Waals surface area contributed by atoms with E-state index in [1.807, 2.05) is 36.4 Å². The van der Waals surface area contributed by atoms with Gasteiger partial charge in [0, 0.05) is 32.7 Å². The lowest BCUT2D eigenvalue weighted by atomic mass is 10.1. The van der Waals surface area contributed by atoms with E-state index in [4.69, 9.17) is 14.2 Å². The minimum atomic E-state index is -3.74. The van der Waals surface area contributed by atoms with Gasteiger partial charge >= 0.3 is 0 Å². The van der Waals surface area contributed by atoms with Gasteiger partial charge in [-0.3, -0.25) is 14.0 Å². The highest BCUT2D eigenvalue weighted by Crippen LogP contribution is 2.36. The molecular formula is C28H29N3O6S. The highest BCUT2D eigenvalue weighted by atomic mass is 32.2. The summed E-state index contributed by atoms with van der Waals surface area (Å²) >= 11 is 0. The summed E-state index contributed by atoms with van der Waals surface area (Å²) < 4.78 is 45.2. The zero-order valence-corrected chi connectivity index (χ0v) is 21.7. The van der Waals surface area contributed by atoms with Crippen molar-refractivity contribution in [3.8, 4) is 17.2 Å². The quantitative estimate of drug-likeness (QED) is 0.480. The molecule has 0 unspecified atom stereocenters. The highest BCUT2D eigenvalue weighted by molar-refractivity contribution is 7.92. The number of hydrogen-bond donors (Lipinski definition) is 0. The second-order valence-corrected chi connectivity index (χ2v) is 11.5. The summed E-state index contributed by atoms with van der Waals surface area (Å²) in [6, 6.07) is 22.0. The van der Waals surface area contributed by atoms with Gasteiger partial charge in [0.25, 0.3) is 5.91 Å². The van der Waals surface area contributed by atoms with Gasteiger partial charge in [0.05, 0.1) is 18.0 Å². The van der Waals surface area contributed by atoms with Crippen molar-refractivity contribution in [1.29, 1.82) is 0 Å². The molecule has 0 N–H and O–H groups in total. The first-order chi connectivity index (χ1) is 18.5. The van der Waals surface area contributed by atoms with Crippen LogP contribution in [0, 0.1) is 0 Å². The van der Waals surface area contributed by atoms with Crippen molar-refractivity contribution in [2.75, 3.05) is 43.8 Å². The average Bonchev–Trinajstić information content (AvgIpc) is 3.41. The van der Waals surface area contributed by atoms with Crippen LogP contribution in [0.4, 0.5) is 5.69 Å². The van der Waals surface area contributed by atoms with Crippen LogP contribution in [0.25, 0.3) is 0 Å². The van der Waals surface area contributed by atoms with Gasteiger partial charge in [0.1, 0.15) is 5.75 Å². The summed E-state index contributed by atoms with van der Waals surface area (Å²) in [4.78, 5) is 17.6. The maximum absolute atomic E-state index is 13.5. The lowest BCUT2D eigenvalue weighted by Crippen LogP contribution is -2.56. The van der Waals surface area contributed by atoms with Crippen LogP contribution < -0.4 is 18.5 Å². The Bertz CT molecular complexity index is 1420. The number of para-hydroxylation sites is 2. The van der Waals surface area contributed by atoms with Crippen LogP contribution in [0.1, 0.15) is 11.1 Å². The molecule has 6 rings (SSSR count). The second-order valence-electron chi connectivity index (χ2n) is 9.64. The Morgan fingerprint density at radius 1 is 0.816 bits per heavy atom. The minimum Gasteiger partial charge on any atom is -0.476 e. The number of carbonyl (C=O) groups excluding carboxylic acids is 1. The number of ether oxygens (including phenoxy) is 3. The van der Waals surface area contributed by atoms with Gasteiger partial charge in [0.2, 0.25) is 16.8 Å². The molecule has 1 saturated heterocycles.